The van der Waals surface area contributed by atoms with E-state index in [0.717, 1.165) is 18.0 Å². The summed E-state index contributed by atoms with van der Waals surface area (Å²) in [5, 5.41) is 0. The van der Waals surface area contributed by atoms with Gasteiger partial charge in [0.15, 0.2) is 5.69 Å². The second-order valence-electron chi connectivity index (χ2n) is 3.78. The van der Waals surface area contributed by atoms with E-state index in [9.17, 15) is 4.79 Å². The second-order valence-corrected chi connectivity index (χ2v) is 4.69. The zero-order valence-corrected chi connectivity index (χ0v) is 11.5. The molecule has 0 radical (unpaired) electrons. The molecule has 0 amide bonds. The Balaban J connectivity index is 3.19. The number of hydrogen-bond donors (Lipinski definition) is 1. The lowest BCUT2D eigenvalue weighted by molar-refractivity contribution is 0.0595. The predicted octanol–water partition coefficient (Wildman–Crippen LogP) is 1.74. The minimum Gasteiger partial charge on any atom is -0.464 e. The monoisotopic (exact) mass is 257 g/mol. The van der Waals surface area contributed by atoms with Crippen LogP contribution in [0.5, 0.6) is 0 Å². The molecule has 1 heterocycles. The van der Waals surface area contributed by atoms with Crippen LogP contribution in [0.3, 0.4) is 0 Å². The van der Waals surface area contributed by atoms with Crippen LogP contribution in [0.25, 0.3) is 0 Å². The van der Waals surface area contributed by atoms with Crippen molar-refractivity contribution in [1.82, 2.24) is 9.55 Å². The minimum atomic E-state index is -0.479. The third-order valence-electron chi connectivity index (χ3n) is 2.56. The highest BCUT2D eigenvalue weighted by molar-refractivity contribution is 7.98. The summed E-state index contributed by atoms with van der Waals surface area (Å²) in [7, 11) is 1.33. The number of methoxy groups -OCH3 is 1. The number of nitrogen functional groups attached to an aromatic ring is 1. The van der Waals surface area contributed by atoms with Crippen molar-refractivity contribution in [2.24, 2.45) is 0 Å². The zero-order valence-electron chi connectivity index (χ0n) is 10.7. The number of carbonyl (C=O) groups is 1. The summed E-state index contributed by atoms with van der Waals surface area (Å²) in [4.78, 5) is 15.8. The van der Waals surface area contributed by atoms with Gasteiger partial charge >= 0.3 is 5.97 Å². The van der Waals surface area contributed by atoms with Crippen LogP contribution in [0.4, 0.5) is 5.82 Å². The largest absolute Gasteiger partial charge is 0.464 e. The van der Waals surface area contributed by atoms with Crippen molar-refractivity contribution < 1.29 is 9.53 Å². The van der Waals surface area contributed by atoms with Crippen molar-refractivity contribution in [1.29, 1.82) is 0 Å². The van der Waals surface area contributed by atoms with Gasteiger partial charge in [-0.25, -0.2) is 9.78 Å². The summed E-state index contributed by atoms with van der Waals surface area (Å²) >= 11 is 1.74. The lowest BCUT2D eigenvalue weighted by atomic mass is 10.3. The molecule has 96 valence electrons. The Hall–Kier alpha value is -1.17. The Morgan fingerprint density at radius 3 is 2.76 bits per heavy atom. The summed E-state index contributed by atoms with van der Waals surface area (Å²) in [5.74, 6) is 1.67. The third kappa shape index (κ3) is 2.74. The number of carbonyl (C=O) groups excluding carboxylic acids is 1. The molecule has 0 aliphatic heterocycles. The number of nitrogens with zero attached hydrogens (tertiary/aromatic N) is 2. The molecule has 0 aliphatic carbocycles. The van der Waals surface area contributed by atoms with Gasteiger partial charge in [0.2, 0.25) is 0 Å². The lowest BCUT2D eigenvalue weighted by Gasteiger charge is -2.16. The molecular formula is C11H19N3O2S. The number of imidazole rings is 1. The first-order valence-corrected chi connectivity index (χ1v) is 6.89. The van der Waals surface area contributed by atoms with E-state index in [1.807, 2.05) is 17.7 Å². The molecule has 0 bridgehead atoms. The van der Waals surface area contributed by atoms with Crippen LogP contribution < -0.4 is 5.73 Å². The highest BCUT2D eigenvalue weighted by Gasteiger charge is 2.22. The van der Waals surface area contributed by atoms with Gasteiger partial charge in [-0.05, 0) is 13.2 Å². The van der Waals surface area contributed by atoms with E-state index in [4.69, 9.17) is 5.73 Å². The number of aromatic nitrogens is 2. The molecule has 1 aromatic heterocycles. The van der Waals surface area contributed by atoms with Crippen molar-refractivity contribution in [3.63, 3.8) is 0 Å². The number of esters is 1. The molecule has 0 aromatic carbocycles. The minimum absolute atomic E-state index is 0.214. The van der Waals surface area contributed by atoms with E-state index in [0.29, 0.717) is 5.82 Å². The number of rotatable bonds is 5. The number of aryl methyl sites for hydroxylation is 1. The van der Waals surface area contributed by atoms with Crippen LogP contribution >= 0.6 is 11.8 Å². The standard InChI is InChI=1S/C11H19N3O2S/c1-5-8-13-9(11(15)16-3)10(12)14(8)7(2)6-17-4/h7H,5-6,12H2,1-4H3. The first-order chi connectivity index (χ1) is 8.06. The van der Waals surface area contributed by atoms with Gasteiger partial charge in [-0.3, -0.25) is 0 Å². The quantitative estimate of drug-likeness (QED) is 0.814. The molecule has 0 aliphatic rings. The molecule has 1 unspecified atom stereocenters. The second kappa shape index (κ2) is 5.95. The molecule has 1 rings (SSSR count). The average molecular weight is 257 g/mol. The van der Waals surface area contributed by atoms with E-state index in [-0.39, 0.29) is 11.7 Å². The first kappa shape index (κ1) is 13.9. The normalized spacial score (nSPS) is 12.5. The summed E-state index contributed by atoms with van der Waals surface area (Å²) < 4.78 is 6.59. The van der Waals surface area contributed by atoms with Crippen molar-refractivity contribution >= 4 is 23.5 Å². The smallest absolute Gasteiger partial charge is 0.360 e. The van der Waals surface area contributed by atoms with Gasteiger partial charge in [0.25, 0.3) is 0 Å². The van der Waals surface area contributed by atoms with Gasteiger partial charge in [0.1, 0.15) is 11.6 Å². The molecule has 0 fully saturated rings. The number of ether oxygens (including phenoxy) is 1. The van der Waals surface area contributed by atoms with Crippen LogP contribution in [0.2, 0.25) is 0 Å². The number of thioether (sulfide) groups is 1. The van der Waals surface area contributed by atoms with Crippen molar-refractivity contribution in [2.75, 3.05) is 24.9 Å². The Morgan fingerprint density at radius 1 is 1.65 bits per heavy atom. The highest BCUT2D eigenvalue weighted by Crippen LogP contribution is 2.23. The van der Waals surface area contributed by atoms with E-state index < -0.39 is 5.97 Å². The summed E-state index contributed by atoms with van der Waals surface area (Å²) in [5.41, 5.74) is 6.20. The SMILES string of the molecule is CCc1nc(C(=O)OC)c(N)n1C(C)CSC. The van der Waals surface area contributed by atoms with Crippen molar-refractivity contribution in [3.05, 3.63) is 11.5 Å². The molecule has 2 N–H and O–H groups in total. The van der Waals surface area contributed by atoms with Crippen LogP contribution in [-0.4, -0.2) is 34.6 Å². The third-order valence-corrected chi connectivity index (χ3v) is 3.38. The molecule has 5 nitrogen and oxygen atoms in total. The van der Waals surface area contributed by atoms with Crippen LogP contribution in [-0.2, 0) is 11.2 Å². The maximum absolute atomic E-state index is 11.5. The molecule has 17 heavy (non-hydrogen) atoms. The topological polar surface area (TPSA) is 70.1 Å². The molecule has 1 atom stereocenters. The van der Waals surface area contributed by atoms with Gasteiger partial charge in [-0.15, -0.1) is 0 Å². The Kier molecular flexibility index (Phi) is 4.86. The van der Waals surface area contributed by atoms with Crippen LogP contribution in [0, 0.1) is 0 Å². The Morgan fingerprint density at radius 2 is 2.29 bits per heavy atom. The molecule has 6 heteroatoms. The highest BCUT2D eigenvalue weighted by atomic mass is 32.2. The fourth-order valence-electron chi connectivity index (χ4n) is 1.80. The number of nitrogens with two attached hydrogens (primary N) is 1. The van der Waals surface area contributed by atoms with Gasteiger partial charge in [0, 0.05) is 18.2 Å². The average Bonchev–Trinajstić information content (AvgIpc) is 2.65. The Labute approximate surface area is 106 Å². The van der Waals surface area contributed by atoms with E-state index in [2.05, 4.69) is 16.6 Å². The van der Waals surface area contributed by atoms with Gasteiger partial charge in [0.05, 0.1) is 7.11 Å². The van der Waals surface area contributed by atoms with E-state index in [1.54, 1.807) is 11.8 Å². The van der Waals surface area contributed by atoms with E-state index in [1.165, 1.54) is 7.11 Å². The summed E-state index contributed by atoms with van der Waals surface area (Å²) in [6.07, 6.45) is 2.77. The summed E-state index contributed by atoms with van der Waals surface area (Å²) in [6.45, 7) is 4.06. The Bertz CT molecular complexity index is 404. The zero-order chi connectivity index (χ0) is 13.0. The van der Waals surface area contributed by atoms with Crippen molar-refractivity contribution in [2.45, 2.75) is 26.3 Å². The fraction of sp³-hybridized carbons (Fsp3) is 0.636. The van der Waals surface area contributed by atoms with E-state index >= 15 is 0 Å². The van der Waals surface area contributed by atoms with Gasteiger partial charge < -0.3 is 15.0 Å². The van der Waals surface area contributed by atoms with Crippen LogP contribution in [0.1, 0.15) is 36.2 Å². The number of anilines is 1. The predicted molar refractivity (Wildman–Crippen MR) is 70.4 cm³/mol. The molecular weight excluding hydrogens is 238 g/mol. The van der Waals surface area contributed by atoms with Gasteiger partial charge in [-0.1, -0.05) is 6.92 Å². The first-order valence-electron chi connectivity index (χ1n) is 5.50. The van der Waals surface area contributed by atoms with Crippen LogP contribution in [0.15, 0.2) is 0 Å². The maximum atomic E-state index is 11.5. The molecule has 0 saturated carbocycles. The van der Waals surface area contributed by atoms with Gasteiger partial charge in [-0.2, -0.15) is 11.8 Å². The summed E-state index contributed by atoms with van der Waals surface area (Å²) in [6, 6.07) is 0.214. The maximum Gasteiger partial charge on any atom is 0.360 e. The molecule has 0 spiro atoms. The fourth-order valence-corrected chi connectivity index (χ4v) is 2.43. The molecule has 0 saturated heterocycles. The van der Waals surface area contributed by atoms with Crippen molar-refractivity contribution in [3.8, 4) is 0 Å². The molecule has 1 aromatic rings. The number of hydrogen-bond acceptors (Lipinski definition) is 5. The lowest BCUT2D eigenvalue weighted by Crippen LogP contribution is -2.14.